The van der Waals surface area contributed by atoms with E-state index in [0.717, 1.165) is 16.7 Å². The van der Waals surface area contributed by atoms with Crippen LogP contribution in [0.3, 0.4) is 0 Å². The van der Waals surface area contributed by atoms with Crippen LogP contribution in [0.1, 0.15) is 18.1 Å². The summed E-state index contributed by atoms with van der Waals surface area (Å²) in [5.41, 5.74) is 2.63. The molecule has 1 aliphatic rings. The lowest BCUT2D eigenvalue weighted by Gasteiger charge is -2.19. The molecule has 0 bridgehead atoms. The first kappa shape index (κ1) is 18.9. The summed E-state index contributed by atoms with van der Waals surface area (Å²) < 4.78 is 11.0. The minimum atomic E-state index is -0.624. The Hall–Kier alpha value is -3.84. The lowest BCUT2D eigenvalue weighted by atomic mass is 10.0. The van der Waals surface area contributed by atoms with Crippen LogP contribution in [0.5, 0.6) is 0 Å². The molecular weight excluding hydrogens is 350 g/mol. The van der Waals surface area contributed by atoms with E-state index in [2.05, 4.69) is 4.85 Å². The van der Waals surface area contributed by atoms with Crippen molar-refractivity contribution in [1.29, 1.82) is 0 Å². The minimum absolute atomic E-state index is 0.0647. The first-order chi connectivity index (χ1) is 13.7. The van der Waals surface area contributed by atoms with E-state index in [1.165, 1.54) is 6.08 Å². The zero-order valence-electron chi connectivity index (χ0n) is 15.5. The summed E-state index contributed by atoms with van der Waals surface area (Å²) in [4.78, 5) is 15.1. The number of rotatable bonds is 5. The van der Waals surface area contributed by atoms with Crippen LogP contribution in [0.15, 0.2) is 96.2 Å². The van der Waals surface area contributed by atoms with Crippen LogP contribution in [0, 0.1) is 6.57 Å². The smallest absolute Gasteiger partial charge is 0.336 e. The first-order valence-corrected chi connectivity index (χ1v) is 8.90. The topological polar surface area (TPSA) is 39.9 Å². The lowest BCUT2D eigenvalue weighted by molar-refractivity contribution is -0.138. The van der Waals surface area contributed by atoms with Crippen molar-refractivity contribution in [1.82, 2.24) is 0 Å². The van der Waals surface area contributed by atoms with E-state index in [9.17, 15) is 4.79 Å². The summed E-state index contributed by atoms with van der Waals surface area (Å²) in [6.45, 7) is 9.14. The number of carbonyl (C=O) groups excluding carboxylic acids is 1. The summed E-state index contributed by atoms with van der Waals surface area (Å²) in [5.74, 6) is 0.769. The van der Waals surface area contributed by atoms with Crippen LogP contribution < -0.4 is 0 Å². The second-order valence-corrected chi connectivity index (χ2v) is 5.90. The molecule has 138 valence electrons. The SMILES string of the molecule is [C-]#[N+]C(=CC=C1C=C(c2ccccc2)OC(c2ccccc2)=C1)C(=O)OCC. The molecule has 0 atom stereocenters. The van der Waals surface area contributed by atoms with Gasteiger partial charge in [0.1, 0.15) is 11.5 Å². The molecule has 0 aliphatic carbocycles. The second kappa shape index (κ2) is 9.20. The van der Waals surface area contributed by atoms with Gasteiger partial charge >= 0.3 is 5.97 Å². The molecule has 0 spiro atoms. The summed E-state index contributed by atoms with van der Waals surface area (Å²) in [5, 5.41) is 0. The molecule has 0 aromatic heterocycles. The number of esters is 1. The zero-order valence-corrected chi connectivity index (χ0v) is 15.5. The van der Waals surface area contributed by atoms with Crippen molar-refractivity contribution in [3.63, 3.8) is 0 Å². The van der Waals surface area contributed by atoms with Crippen LogP contribution in [-0.4, -0.2) is 12.6 Å². The molecule has 2 aromatic rings. The first-order valence-electron chi connectivity index (χ1n) is 8.90. The van der Waals surface area contributed by atoms with Gasteiger partial charge in [-0.1, -0.05) is 66.7 Å². The Balaban J connectivity index is 2.01. The van der Waals surface area contributed by atoms with Gasteiger partial charge in [-0.3, -0.25) is 4.79 Å². The highest BCUT2D eigenvalue weighted by atomic mass is 16.5. The molecule has 0 saturated carbocycles. The number of nitrogens with zero attached hydrogens (tertiary/aromatic N) is 1. The maximum atomic E-state index is 11.8. The molecule has 0 amide bonds. The van der Waals surface area contributed by atoms with Crippen molar-refractivity contribution in [2.24, 2.45) is 0 Å². The maximum Gasteiger partial charge on any atom is 0.336 e. The number of hydrogen-bond donors (Lipinski definition) is 0. The third-order valence-corrected chi connectivity index (χ3v) is 3.97. The van der Waals surface area contributed by atoms with Crippen LogP contribution >= 0.6 is 0 Å². The van der Waals surface area contributed by atoms with Crippen LogP contribution in [0.4, 0.5) is 0 Å². The molecule has 0 unspecified atom stereocenters. The fourth-order valence-electron chi connectivity index (χ4n) is 2.64. The summed E-state index contributed by atoms with van der Waals surface area (Å²) >= 11 is 0. The molecule has 3 rings (SSSR count). The molecule has 4 heteroatoms. The standard InChI is InChI=1S/C24H19NO3/c1-3-27-24(26)21(25-2)15-14-18-16-22(19-10-6-4-7-11-19)28-23(17-18)20-12-8-5-9-13-20/h4-17H,3H2,1H3. The summed E-state index contributed by atoms with van der Waals surface area (Å²) in [6.07, 6.45) is 6.96. The molecular formula is C24H19NO3. The Labute approximate surface area is 164 Å². The van der Waals surface area contributed by atoms with Crippen molar-refractivity contribution in [3.05, 3.63) is 119 Å². The largest absolute Gasteiger partial charge is 0.471 e. The lowest BCUT2D eigenvalue weighted by Crippen LogP contribution is -2.04. The molecule has 0 N–H and O–H groups in total. The van der Waals surface area contributed by atoms with E-state index in [0.29, 0.717) is 11.5 Å². The monoisotopic (exact) mass is 369 g/mol. The summed E-state index contributed by atoms with van der Waals surface area (Å²) in [7, 11) is 0. The Bertz CT molecular complexity index is 949. The molecule has 0 radical (unpaired) electrons. The van der Waals surface area contributed by atoms with Gasteiger partial charge in [0.05, 0.1) is 13.2 Å². The number of ether oxygens (including phenoxy) is 2. The van der Waals surface area contributed by atoms with E-state index >= 15 is 0 Å². The van der Waals surface area contributed by atoms with Crippen molar-refractivity contribution >= 4 is 17.5 Å². The van der Waals surface area contributed by atoms with E-state index in [1.54, 1.807) is 13.0 Å². The zero-order chi connectivity index (χ0) is 19.8. The van der Waals surface area contributed by atoms with Crippen LogP contribution in [-0.2, 0) is 14.3 Å². The quantitative estimate of drug-likeness (QED) is 0.403. The van der Waals surface area contributed by atoms with Gasteiger partial charge in [-0.15, -0.1) is 0 Å². The third kappa shape index (κ3) is 4.66. The van der Waals surface area contributed by atoms with E-state index in [4.69, 9.17) is 16.0 Å². The van der Waals surface area contributed by atoms with Crippen molar-refractivity contribution in [2.45, 2.75) is 6.92 Å². The minimum Gasteiger partial charge on any atom is -0.471 e. The van der Waals surface area contributed by atoms with Gasteiger partial charge in [-0.05, 0) is 30.7 Å². The highest BCUT2D eigenvalue weighted by Crippen LogP contribution is 2.32. The molecule has 28 heavy (non-hydrogen) atoms. The van der Waals surface area contributed by atoms with Crippen molar-refractivity contribution in [3.8, 4) is 0 Å². The molecule has 0 saturated heterocycles. The van der Waals surface area contributed by atoms with Gasteiger partial charge in [-0.25, -0.2) is 4.85 Å². The average molecular weight is 369 g/mol. The van der Waals surface area contributed by atoms with Crippen LogP contribution in [0.25, 0.3) is 16.4 Å². The average Bonchev–Trinajstić information content (AvgIpc) is 2.75. The number of carbonyl (C=O) groups is 1. The molecule has 2 aromatic carbocycles. The second-order valence-electron chi connectivity index (χ2n) is 5.90. The normalized spacial score (nSPS) is 13.6. The van der Waals surface area contributed by atoms with E-state index in [1.807, 2.05) is 72.8 Å². The van der Waals surface area contributed by atoms with Gasteiger partial charge in [0, 0.05) is 11.1 Å². The fourth-order valence-corrected chi connectivity index (χ4v) is 2.64. The van der Waals surface area contributed by atoms with Crippen molar-refractivity contribution in [2.75, 3.05) is 6.61 Å². The third-order valence-electron chi connectivity index (χ3n) is 3.97. The predicted octanol–water partition coefficient (Wildman–Crippen LogP) is 5.39. The number of allylic oxidation sites excluding steroid dienone is 5. The molecule has 1 heterocycles. The fraction of sp³-hybridized carbons (Fsp3) is 0.0833. The number of benzene rings is 2. The van der Waals surface area contributed by atoms with Gasteiger partial charge in [0.15, 0.2) is 0 Å². The van der Waals surface area contributed by atoms with Crippen LogP contribution in [0.2, 0.25) is 0 Å². The maximum absolute atomic E-state index is 11.8. The summed E-state index contributed by atoms with van der Waals surface area (Å²) in [6, 6.07) is 19.5. The van der Waals surface area contributed by atoms with Gasteiger partial charge in [0.25, 0.3) is 5.70 Å². The van der Waals surface area contributed by atoms with Crippen molar-refractivity contribution < 1.29 is 14.3 Å². The molecule has 4 nitrogen and oxygen atoms in total. The number of hydrogen-bond acceptors (Lipinski definition) is 3. The van der Waals surface area contributed by atoms with E-state index < -0.39 is 5.97 Å². The van der Waals surface area contributed by atoms with E-state index in [-0.39, 0.29) is 12.3 Å². The van der Waals surface area contributed by atoms with Gasteiger partial charge in [-0.2, -0.15) is 0 Å². The molecule has 1 aliphatic heterocycles. The Morgan fingerprint density at radius 2 is 1.54 bits per heavy atom. The van der Waals surface area contributed by atoms with Gasteiger partial charge in [0.2, 0.25) is 0 Å². The molecule has 0 fully saturated rings. The highest BCUT2D eigenvalue weighted by molar-refractivity contribution is 5.91. The Morgan fingerprint density at radius 1 is 1.00 bits per heavy atom. The Kier molecular flexibility index (Phi) is 6.22. The predicted molar refractivity (Wildman–Crippen MR) is 109 cm³/mol. The highest BCUT2D eigenvalue weighted by Gasteiger charge is 2.15. The Morgan fingerprint density at radius 3 is 2.00 bits per heavy atom. The van der Waals surface area contributed by atoms with Gasteiger partial charge < -0.3 is 9.47 Å².